The summed E-state index contributed by atoms with van der Waals surface area (Å²) >= 11 is 0. The largest absolute Gasteiger partial charge is 0.389 e. The van der Waals surface area contributed by atoms with E-state index in [-0.39, 0.29) is 12.1 Å². The van der Waals surface area contributed by atoms with Crippen LogP contribution in [0.2, 0.25) is 0 Å². The average molecular weight is 437 g/mol. The van der Waals surface area contributed by atoms with Gasteiger partial charge in [-0.05, 0) is 22.2 Å². The van der Waals surface area contributed by atoms with E-state index in [2.05, 4.69) is 42.0 Å². The third kappa shape index (κ3) is 6.96. The molecule has 0 aliphatic carbocycles. The zero-order chi connectivity index (χ0) is 22.8. The Morgan fingerprint density at radius 1 is 0.688 bits per heavy atom. The minimum absolute atomic E-state index is 0.269. The molecule has 0 aromatic heterocycles. The van der Waals surface area contributed by atoms with Crippen LogP contribution < -0.4 is 0 Å². The van der Waals surface area contributed by atoms with Gasteiger partial charge in [-0.3, -0.25) is 9.80 Å². The standard InChI is InChI=1S/C11H13N7.C11H15NO2/c12-16-14-10-7-18(8-11(10)15-17-13)6-9-4-2-1-3-5-9;13-10-7-12(8-11(10)14)6-9-4-2-1-3-5-9/h1-5,10-11H,6-8H2;1-5,10-11,13-14H,6-8H2/t2*10-,11-/m00/s1. The Kier molecular flexibility index (Phi) is 8.89. The maximum absolute atomic E-state index is 9.35. The zero-order valence-corrected chi connectivity index (χ0v) is 17.8. The quantitative estimate of drug-likeness (QED) is 0.407. The highest BCUT2D eigenvalue weighted by Gasteiger charge is 2.31. The molecule has 32 heavy (non-hydrogen) atoms. The first-order valence-corrected chi connectivity index (χ1v) is 10.6. The Balaban J connectivity index is 0.000000186. The lowest BCUT2D eigenvalue weighted by molar-refractivity contribution is 0.0572. The number of nitrogens with zero attached hydrogens (tertiary/aromatic N) is 8. The molecular formula is C22H28N8O2. The van der Waals surface area contributed by atoms with Gasteiger partial charge in [-0.2, -0.15) is 0 Å². The van der Waals surface area contributed by atoms with Crippen molar-refractivity contribution in [3.05, 3.63) is 92.7 Å². The topological polar surface area (TPSA) is 144 Å². The predicted octanol–water partition coefficient (Wildman–Crippen LogP) is 3.08. The van der Waals surface area contributed by atoms with Gasteiger partial charge >= 0.3 is 0 Å². The summed E-state index contributed by atoms with van der Waals surface area (Å²) in [6, 6.07) is 19.6. The number of aliphatic hydroxyl groups is 2. The molecule has 0 radical (unpaired) electrons. The van der Waals surface area contributed by atoms with Crippen LogP contribution in [-0.4, -0.2) is 70.5 Å². The summed E-state index contributed by atoms with van der Waals surface area (Å²) in [5.74, 6) is 0. The van der Waals surface area contributed by atoms with E-state index in [4.69, 9.17) is 11.1 Å². The van der Waals surface area contributed by atoms with Gasteiger partial charge in [0.1, 0.15) is 0 Å². The van der Waals surface area contributed by atoms with E-state index in [1.165, 1.54) is 11.1 Å². The van der Waals surface area contributed by atoms with Gasteiger partial charge in [0, 0.05) is 49.1 Å². The van der Waals surface area contributed by atoms with Gasteiger partial charge in [0.25, 0.3) is 0 Å². The predicted molar refractivity (Wildman–Crippen MR) is 121 cm³/mol. The zero-order valence-electron chi connectivity index (χ0n) is 17.8. The Morgan fingerprint density at radius 2 is 1.06 bits per heavy atom. The summed E-state index contributed by atoms with van der Waals surface area (Å²) in [7, 11) is 0. The van der Waals surface area contributed by atoms with Crippen molar-refractivity contribution in [2.75, 3.05) is 26.2 Å². The molecule has 168 valence electrons. The van der Waals surface area contributed by atoms with Crippen LogP contribution in [0.1, 0.15) is 11.1 Å². The summed E-state index contributed by atoms with van der Waals surface area (Å²) in [6.45, 7) is 3.96. The van der Waals surface area contributed by atoms with Crippen molar-refractivity contribution >= 4 is 0 Å². The Labute approximate surface area is 187 Å². The van der Waals surface area contributed by atoms with E-state index in [0.717, 1.165) is 13.1 Å². The minimum Gasteiger partial charge on any atom is -0.389 e. The van der Waals surface area contributed by atoms with Crippen LogP contribution in [0.4, 0.5) is 0 Å². The summed E-state index contributed by atoms with van der Waals surface area (Å²) < 4.78 is 0. The number of likely N-dealkylation sites (tertiary alicyclic amines) is 2. The lowest BCUT2D eigenvalue weighted by Gasteiger charge is -2.14. The number of aliphatic hydroxyl groups excluding tert-OH is 2. The Hall–Kier alpha value is -3.10. The number of hydrogen-bond donors (Lipinski definition) is 2. The van der Waals surface area contributed by atoms with Crippen molar-refractivity contribution < 1.29 is 10.2 Å². The number of rotatable bonds is 6. The van der Waals surface area contributed by atoms with Gasteiger partial charge < -0.3 is 10.2 Å². The molecule has 4 rings (SSSR count). The van der Waals surface area contributed by atoms with Gasteiger partial charge in [0.05, 0.1) is 24.3 Å². The van der Waals surface area contributed by atoms with Crippen LogP contribution in [0, 0.1) is 0 Å². The summed E-state index contributed by atoms with van der Waals surface area (Å²) in [5.41, 5.74) is 19.4. The molecule has 0 bridgehead atoms. The normalized spacial score (nSPS) is 25.3. The van der Waals surface area contributed by atoms with Gasteiger partial charge in [0.2, 0.25) is 0 Å². The van der Waals surface area contributed by atoms with Gasteiger partial charge in [0.15, 0.2) is 0 Å². The highest BCUT2D eigenvalue weighted by atomic mass is 16.3. The first kappa shape index (κ1) is 23.6. The molecule has 2 heterocycles. The summed E-state index contributed by atoms with van der Waals surface area (Å²) in [6.07, 6.45) is -1.17. The molecule has 4 atom stereocenters. The van der Waals surface area contributed by atoms with Crippen molar-refractivity contribution in [3.63, 3.8) is 0 Å². The Bertz CT molecular complexity index is 895. The molecule has 2 aliphatic rings. The molecule has 10 heteroatoms. The van der Waals surface area contributed by atoms with Crippen molar-refractivity contribution in [2.24, 2.45) is 10.2 Å². The van der Waals surface area contributed by atoms with Crippen molar-refractivity contribution in [1.82, 2.24) is 9.80 Å². The molecule has 10 nitrogen and oxygen atoms in total. The van der Waals surface area contributed by atoms with E-state index in [9.17, 15) is 10.2 Å². The molecule has 0 unspecified atom stereocenters. The minimum atomic E-state index is -0.585. The molecule has 2 N–H and O–H groups in total. The lowest BCUT2D eigenvalue weighted by atomic mass is 10.2. The Morgan fingerprint density at radius 3 is 1.44 bits per heavy atom. The third-order valence-electron chi connectivity index (χ3n) is 5.57. The fraction of sp³-hybridized carbons (Fsp3) is 0.455. The monoisotopic (exact) mass is 436 g/mol. The van der Waals surface area contributed by atoms with E-state index in [1.54, 1.807) is 0 Å². The maximum atomic E-state index is 9.35. The second-order valence-corrected chi connectivity index (χ2v) is 8.04. The molecule has 2 aromatic carbocycles. The van der Waals surface area contributed by atoms with Crippen molar-refractivity contribution in [1.29, 1.82) is 0 Å². The molecule has 0 amide bonds. The van der Waals surface area contributed by atoms with Crippen LogP contribution in [0.25, 0.3) is 20.9 Å². The van der Waals surface area contributed by atoms with Crippen LogP contribution in [0.3, 0.4) is 0 Å². The fourth-order valence-electron chi connectivity index (χ4n) is 3.99. The smallest absolute Gasteiger partial charge is 0.0938 e. The van der Waals surface area contributed by atoms with Crippen molar-refractivity contribution in [2.45, 2.75) is 37.4 Å². The van der Waals surface area contributed by atoms with E-state index in [0.29, 0.717) is 26.2 Å². The highest BCUT2D eigenvalue weighted by molar-refractivity contribution is 5.16. The third-order valence-corrected chi connectivity index (χ3v) is 5.57. The number of hydrogen-bond acceptors (Lipinski definition) is 6. The number of β-amino-alcohol motifs (C(OH)–C–C–N with tert-alkyl or cyclic N) is 2. The van der Waals surface area contributed by atoms with E-state index in [1.807, 2.05) is 48.5 Å². The second kappa shape index (κ2) is 12.1. The first-order valence-electron chi connectivity index (χ1n) is 10.6. The van der Waals surface area contributed by atoms with Gasteiger partial charge in [-0.15, -0.1) is 0 Å². The molecule has 2 fully saturated rings. The molecule has 2 aromatic rings. The van der Waals surface area contributed by atoms with Crippen LogP contribution in [-0.2, 0) is 13.1 Å². The summed E-state index contributed by atoms with van der Waals surface area (Å²) in [5, 5.41) is 26.1. The average Bonchev–Trinajstić information content (AvgIpc) is 3.32. The van der Waals surface area contributed by atoms with Gasteiger partial charge in [-0.1, -0.05) is 70.9 Å². The van der Waals surface area contributed by atoms with E-state index >= 15 is 0 Å². The molecule has 2 saturated heterocycles. The highest BCUT2D eigenvalue weighted by Crippen LogP contribution is 2.19. The molecular weight excluding hydrogens is 408 g/mol. The molecule has 0 spiro atoms. The van der Waals surface area contributed by atoms with Gasteiger partial charge in [-0.25, -0.2) is 0 Å². The maximum Gasteiger partial charge on any atom is 0.0938 e. The van der Waals surface area contributed by atoms with E-state index < -0.39 is 12.2 Å². The molecule has 2 aliphatic heterocycles. The second-order valence-electron chi connectivity index (χ2n) is 8.04. The molecule has 0 saturated carbocycles. The van der Waals surface area contributed by atoms with Crippen LogP contribution in [0.15, 0.2) is 70.9 Å². The fourth-order valence-corrected chi connectivity index (χ4v) is 3.99. The number of azide groups is 2. The van der Waals surface area contributed by atoms with Crippen LogP contribution in [0.5, 0.6) is 0 Å². The first-order chi connectivity index (χ1) is 15.6. The number of benzene rings is 2. The lowest BCUT2D eigenvalue weighted by Crippen LogP contribution is -2.22. The summed E-state index contributed by atoms with van der Waals surface area (Å²) in [4.78, 5) is 9.81. The van der Waals surface area contributed by atoms with Crippen LogP contribution >= 0.6 is 0 Å². The van der Waals surface area contributed by atoms with Crippen molar-refractivity contribution in [3.8, 4) is 0 Å². The SMILES string of the molecule is O[C@H]1CN(Cc2ccccc2)C[C@@H]1O.[N-]=[N+]=N[C@H]1CN(Cc2ccccc2)C[C@@H]1N=[N+]=[N-].